The van der Waals surface area contributed by atoms with Crippen molar-refractivity contribution in [1.82, 2.24) is 20.1 Å². The van der Waals surface area contributed by atoms with Gasteiger partial charge in [-0.2, -0.15) is 5.10 Å². The molecule has 0 bridgehead atoms. The van der Waals surface area contributed by atoms with Crippen LogP contribution >= 0.6 is 11.3 Å². The highest BCUT2D eigenvalue weighted by atomic mass is 32.1. The van der Waals surface area contributed by atoms with E-state index in [0.717, 1.165) is 29.8 Å². The van der Waals surface area contributed by atoms with Crippen molar-refractivity contribution in [1.29, 1.82) is 0 Å². The normalized spacial score (nSPS) is 15.2. The van der Waals surface area contributed by atoms with E-state index in [0.29, 0.717) is 0 Å². The zero-order valence-electron chi connectivity index (χ0n) is 10.8. The van der Waals surface area contributed by atoms with Gasteiger partial charge in [-0.15, -0.1) is 11.3 Å². The predicted octanol–water partition coefficient (Wildman–Crippen LogP) is 2.26. The second-order valence-corrected chi connectivity index (χ2v) is 6.24. The Balaban J connectivity index is 1.61. The second kappa shape index (κ2) is 4.82. The SMILES string of the molecule is Cc1nc(Cn2cc(CNC3CC3)cn2)sc1C. The van der Waals surface area contributed by atoms with Crippen LogP contribution in [0.4, 0.5) is 0 Å². The van der Waals surface area contributed by atoms with Gasteiger partial charge in [0, 0.05) is 29.2 Å². The number of nitrogens with zero attached hydrogens (tertiary/aromatic N) is 3. The molecule has 0 spiro atoms. The van der Waals surface area contributed by atoms with Gasteiger partial charge in [0.15, 0.2) is 0 Å². The van der Waals surface area contributed by atoms with Gasteiger partial charge in [0.25, 0.3) is 0 Å². The number of hydrogen-bond acceptors (Lipinski definition) is 4. The third-order valence-electron chi connectivity index (χ3n) is 3.23. The molecule has 4 nitrogen and oxygen atoms in total. The molecule has 0 unspecified atom stereocenters. The lowest BCUT2D eigenvalue weighted by molar-refractivity contribution is 0.672. The van der Waals surface area contributed by atoms with Gasteiger partial charge in [-0.1, -0.05) is 0 Å². The topological polar surface area (TPSA) is 42.7 Å². The minimum atomic E-state index is 0.748. The van der Waals surface area contributed by atoms with E-state index in [-0.39, 0.29) is 0 Å². The summed E-state index contributed by atoms with van der Waals surface area (Å²) in [6, 6.07) is 0.748. The van der Waals surface area contributed by atoms with Crippen LogP contribution in [-0.2, 0) is 13.1 Å². The van der Waals surface area contributed by atoms with E-state index in [9.17, 15) is 0 Å². The van der Waals surface area contributed by atoms with Crippen LogP contribution in [0.25, 0.3) is 0 Å². The molecule has 0 aromatic carbocycles. The van der Waals surface area contributed by atoms with E-state index >= 15 is 0 Å². The monoisotopic (exact) mass is 262 g/mol. The van der Waals surface area contributed by atoms with Crippen LogP contribution in [-0.4, -0.2) is 20.8 Å². The molecular weight excluding hydrogens is 244 g/mol. The van der Waals surface area contributed by atoms with Crippen LogP contribution in [0.1, 0.15) is 34.0 Å². The van der Waals surface area contributed by atoms with Gasteiger partial charge in [0.05, 0.1) is 18.4 Å². The summed E-state index contributed by atoms with van der Waals surface area (Å²) in [5, 5.41) is 9.02. The summed E-state index contributed by atoms with van der Waals surface area (Å²) in [5.41, 5.74) is 2.39. The Kier molecular flexibility index (Phi) is 3.18. The summed E-state index contributed by atoms with van der Waals surface area (Å²) in [6.45, 7) is 5.89. The number of thiazole rings is 1. The molecule has 1 fully saturated rings. The highest BCUT2D eigenvalue weighted by Crippen LogP contribution is 2.19. The molecule has 1 aliphatic rings. The fourth-order valence-electron chi connectivity index (χ4n) is 1.88. The summed E-state index contributed by atoms with van der Waals surface area (Å²) >= 11 is 1.76. The van der Waals surface area contributed by atoms with Gasteiger partial charge in [0.1, 0.15) is 5.01 Å². The Hall–Kier alpha value is -1.20. The van der Waals surface area contributed by atoms with Crippen molar-refractivity contribution in [2.45, 2.75) is 45.8 Å². The Morgan fingerprint density at radius 3 is 2.94 bits per heavy atom. The average molecular weight is 262 g/mol. The molecule has 0 amide bonds. The highest BCUT2D eigenvalue weighted by molar-refractivity contribution is 7.11. The number of nitrogens with one attached hydrogen (secondary N) is 1. The van der Waals surface area contributed by atoms with E-state index in [4.69, 9.17) is 0 Å². The maximum absolute atomic E-state index is 4.54. The van der Waals surface area contributed by atoms with Gasteiger partial charge < -0.3 is 5.32 Å². The van der Waals surface area contributed by atoms with Crippen LogP contribution in [0.3, 0.4) is 0 Å². The molecule has 1 aliphatic carbocycles. The Labute approximate surface area is 111 Å². The van der Waals surface area contributed by atoms with Crippen molar-refractivity contribution in [3.05, 3.63) is 33.5 Å². The summed E-state index contributed by atoms with van der Waals surface area (Å²) in [6.07, 6.45) is 6.71. The molecule has 5 heteroatoms. The predicted molar refractivity (Wildman–Crippen MR) is 72.8 cm³/mol. The maximum atomic E-state index is 4.54. The molecule has 18 heavy (non-hydrogen) atoms. The highest BCUT2D eigenvalue weighted by Gasteiger charge is 2.20. The van der Waals surface area contributed by atoms with E-state index in [2.05, 4.69) is 35.4 Å². The standard InChI is InChI=1S/C13H18N4S/c1-9-10(2)18-13(16-9)8-17-7-11(6-15-17)5-14-12-3-4-12/h6-7,12,14H,3-5,8H2,1-2H3. The van der Waals surface area contributed by atoms with Gasteiger partial charge in [-0.05, 0) is 26.7 Å². The maximum Gasteiger partial charge on any atom is 0.115 e. The number of aromatic nitrogens is 3. The number of hydrogen-bond donors (Lipinski definition) is 1. The molecule has 2 aromatic rings. The fourth-order valence-corrected chi connectivity index (χ4v) is 2.81. The first-order valence-electron chi connectivity index (χ1n) is 6.38. The molecule has 1 saturated carbocycles. The van der Waals surface area contributed by atoms with Crippen molar-refractivity contribution in [3.8, 4) is 0 Å². The van der Waals surface area contributed by atoms with E-state index in [1.165, 1.54) is 23.3 Å². The molecule has 0 atom stereocenters. The van der Waals surface area contributed by atoms with Crippen LogP contribution in [0, 0.1) is 13.8 Å². The molecular formula is C13H18N4S. The van der Waals surface area contributed by atoms with Crippen LogP contribution < -0.4 is 5.32 Å². The van der Waals surface area contributed by atoms with Gasteiger partial charge in [-0.25, -0.2) is 4.98 Å². The summed E-state index contributed by atoms with van der Waals surface area (Å²) in [7, 11) is 0. The minimum Gasteiger partial charge on any atom is -0.310 e. The largest absolute Gasteiger partial charge is 0.310 e. The Morgan fingerprint density at radius 2 is 2.28 bits per heavy atom. The third-order valence-corrected chi connectivity index (χ3v) is 4.29. The van der Waals surface area contributed by atoms with Crippen molar-refractivity contribution in [2.75, 3.05) is 0 Å². The molecule has 2 aromatic heterocycles. The molecule has 0 aliphatic heterocycles. The molecule has 3 rings (SSSR count). The van der Waals surface area contributed by atoms with Crippen LogP contribution in [0.15, 0.2) is 12.4 Å². The van der Waals surface area contributed by atoms with Crippen molar-refractivity contribution >= 4 is 11.3 Å². The molecule has 1 N–H and O–H groups in total. The van der Waals surface area contributed by atoms with Crippen LogP contribution in [0.5, 0.6) is 0 Å². The van der Waals surface area contributed by atoms with Crippen molar-refractivity contribution in [2.24, 2.45) is 0 Å². The quantitative estimate of drug-likeness (QED) is 0.898. The van der Waals surface area contributed by atoms with Crippen LogP contribution in [0.2, 0.25) is 0 Å². The van der Waals surface area contributed by atoms with E-state index < -0.39 is 0 Å². The van der Waals surface area contributed by atoms with Crippen molar-refractivity contribution < 1.29 is 0 Å². The minimum absolute atomic E-state index is 0.748. The van der Waals surface area contributed by atoms with E-state index in [1.807, 2.05) is 10.9 Å². The third kappa shape index (κ3) is 2.79. The molecule has 96 valence electrons. The lowest BCUT2D eigenvalue weighted by Gasteiger charge is -1.98. The lowest BCUT2D eigenvalue weighted by atomic mass is 10.3. The average Bonchev–Trinajstić information content (AvgIpc) is 2.98. The summed E-state index contributed by atoms with van der Waals surface area (Å²) < 4.78 is 1.97. The smallest absolute Gasteiger partial charge is 0.115 e. The Bertz CT molecular complexity index is 519. The van der Waals surface area contributed by atoms with Gasteiger partial charge >= 0.3 is 0 Å². The number of aryl methyl sites for hydroxylation is 2. The summed E-state index contributed by atoms with van der Waals surface area (Å²) in [5.74, 6) is 0. The Morgan fingerprint density at radius 1 is 1.44 bits per heavy atom. The fraction of sp³-hybridized carbons (Fsp3) is 0.538. The first-order chi connectivity index (χ1) is 8.70. The first kappa shape index (κ1) is 11.9. The molecule has 2 heterocycles. The second-order valence-electron chi connectivity index (χ2n) is 4.95. The lowest BCUT2D eigenvalue weighted by Crippen LogP contribution is -2.14. The molecule has 0 saturated heterocycles. The number of rotatable bonds is 5. The van der Waals surface area contributed by atoms with Crippen molar-refractivity contribution in [3.63, 3.8) is 0 Å². The van der Waals surface area contributed by atoms with Gasteiger partial charge in [0.2, 0.25) is 0 Å². The summed E-state index contributed by atoms with van der Waals surface area (Å²) in [4.78, 5) is 5.84. The zero-order valence-corrected chi connectivity index (χ0v) is 11.6. The molecule has 0 radical (unpaired) electrons. The van der Waals surface area contributed by atoms with Gasteiger partial charge in [-0.3, -0.25) is 4.68 Å². The van der Waals surface area contributed by atoms with E-state index in [1.54, 1.807) is 11.3 Å². The zero-order chi connectivity index (χ0) is 12.5. The first-order valence-corrected chi connectivity index (χ1v) is 7.20.